The molecule has 1 rings (SSSR count). The van der Waals surface area contributed by atoms with Gasteiger partial charge in [0, 0.05) is 0 Å². The van der Waals surface area contributed by atoms with E-state index in [9.17, 15) is 22.0 Å². The first-order chi connectivity index (χ1) is 8.23. The van der Waals surface area contributed by atoms with Gasteiger partial charge in [-0.1, -0.05) is 19.9 Å². The average molecular weight is 276 g/mol. The van der Waals surface area contributed by atoms with Crippen molar-refractivity contribution >= 4 is 15.6 Å². The van der Waals surface area contributed by atoms with E-state index in [1.165, 1.54) is 0 Å². The van der Waals surface area contributed by atoms with Crippen LogP contribution in [0.25, 0.3) is 0 Å². The number of hydrogen-bond acceptors (Lipinski definition) is 3. The van der Waals surface area contributed by atoms with Crippen LogP contribution in [0.1, 0.15) is 24.2 Å². The van der Waals surface area contributed by atoms with Gasteiger partial charge in [0.1, 0.15) is 17.4 Å². The van der Waals surface area contributed by atoms with Crippen molar-refractivity contribution < 1.29 is 22.0 Å². The number of hydrogen-bond donors (Lipinski definition) is 0. The molecule has 0 aliphatic rings. The molecule has 0 aliphatic carbocycles. The Kier molecular flexibility index (Phi) is 4.56. The molecule has 0 bridgehead atoms. The molecule has 0 heterocycles. The number of carbonyl (C=O) groups is 1. The summed E-state index contributed by atoms with van der Waals surface area (Å²) in [4.78, 5) is 11.6. The molecule has 18 heavy (non-hydrogen) atoms. The summed E-state index contributed by atoms with van der Waals surface area (Å²) in [6, 6.07) is 2.96. The fourth-order valence-corrected chi connectivity index (χ4v) is 3.28. The molecule has 1 aromatic rings. The molecule has 1 aromatic carbocycles. The molecule has 0 aliphatic heterocycles. The van der Waals surface area contributed by atoms with E-state index in [0.29, 0.717) is 0 Å². The Bertz CT molecular complexity index is 530. The summed E-state index contributed by atoms with van der Waals surface area (Å²) in [7, 11) is -3.64. The second-order valence-corrected chi connectivity index (χ2v) is 6.58. The third-order valence-corrected chi connectivity index (χ3v) is 4.06. The number of carbonyl (C=O) groups excluding carboxylic acids is 1. The van der Waals surface area contributed by atoms with Crippen LogP contribution in [0.3, 0.4) is 0 Å². The van der Waals surface area contributed by atoms with Crippen LogP contribution in [0.15, 0.2) is 18.2 Å². The average Bonchev–Trinajstić information content (AvgIpc) is 2.13. The van der Waals surface area contributed by atoms with Gasteiger partial charge in [0.15, 0.2) is 15.6 Å². The molecule has 0 N–H and O–H groups in total. The predicted octanol–water partition coefficient (Wildman–Crippen LogP) is 2.22. The van der Waals surface area contributed by atoms with E-state index in [2.05, 4.69) is 0 Å². The van der Waals surface area contributed by atoms with Crippen LogP contribution in [0.5, 0.6) is 0 Å². The van der Waals surface area contributed by atoms with Gasteiger partial charge in [-0.3, -0.25) is 4.79 Å². The first-order valence-corrected chi connectivity index (χ1v) is 7.22. The molecule has 100 valence electrons. The van der Waals surface area contributed by atoms with Crippen molar-refractivity contribution in [2.75, 3.05) is 11.5 Å². The fraction of sp³-hybridized carbons (Fsp3) is 0.417. The first-order valence-electron chi connectivity index (χ1n) is 5.40. The molecule has 0 spiro atoms. The van der Waals surface area contributed by atoms with E-state index in [1.807, 2.05) is 0 Å². The summed E-state index contributed by atoms with van der Waals surface area (Å²) in [6.07, 6.45) is 0. The molecular weight excluding hydrogens is 262 g/mol. The summed E-state index contributed by atoms with van der Waals surface area (Å²) < 4.78 is 49.7. The highest BCUT2D eigenvalue weighted by molar-refractivity contribution is 7.92. The van der Waals surface area contributed by atoms with Gasteiger partial charge in [-0.15, -0.1) is 0 Å². The number of halogens is 2. The SMILES string of the molecule is CC(C)CS(=O)(=O)CC(=O)c1c(F)cccc1F. The van der Waals surface area contributed by atoms with Gasteiger partial charge < -0.3 is 0 Å². The lowest BCUT2D eigenvalue weighted by Crippen LogP contribution is -2.23. The molecule has 0 fully saturated rings. The van der Waals surface area contributed by atoms with Crippen LogP contribution in [0.2, 0.25) is 0 Å². The zero-order valence-corrected chi connectivity index (χ0v) is 10.9. The van der Waals surface area contributed by atoms with Crippen molar-refractivity contribution in [1.82, 2.24) is 0 Å². The Hall–Kier alpha value is -1.30. The maximum absolute atomic E-state index is 13.3. The minimum absolute atomic E-state index is 0.145. The zero-order chi connectivity index (χ0) is 13.9. The van der Waals surface area contributed by atoms with Gasteiger partial charge >= 0.3 is 0 Å². The Morgan fingerprint density at radius 3 is 2.17 bits per heavy atom. The molecule has 0 saturated carbocycles. The van der Waals surface area contributed by atoms with Crippen LogP contribution in [0, 0.1) is 17.6 Å². The quantitative estimate of drug-likeness (QED) is 0.775. The fourth-order valence-electron chi connectivity index (χ4n) is 1.60. The van der Waals surface area contributed by atoms with Crippen molar-refractivity contribution in [1.29, 1.82) is 0 Å². The molecular formula is C12H14F2O3S. The highest BCUT2D eigenvalue weighted by Gasteiger charge is 2.23. The van der Waals surface area contributed by atoms with E-state index in [1.54, 1.807) is 13.8 Å². The van der Waals surface area contributed by atoms with Crippen LogP contribution < -0.4 is 0 Å². The van der Waals surface area contributed by atoms with Gasteiger partial charge in [0.2, 0.25) is 0 Å². The zero-order valence-electron chi connectivity index (χ0n) is 10.1. The van der Waals surface area contributed by atoms with Crippen LogP contribution >= 0.6 is 0 Å². The Labute approximate surface area is 105 Å². The molecule has 6 heteroatoms. The maximum Gasteiger partial charge on any atom is 0.183 e. The monoisotopic (exact) mass is 276 g/mol. The minimum atomic E-state index is -3.64. The number of sulfone groups is 1. The normalized spacial score (nSPS) is 11.8. The summed E-state index contributed by atoms with van der Waals surface area (Å²) >= 11 is 0. The van der Waals surface area contributed by atoms with Gasteiger partial charge in [-0.25, -0.2) is 17.2 Å². The molecule has 3 nitrogen and oxygen atoms in total. The van der Waals surface area contributed by atoms with Gasteiger partial charge in [0.05, 0.1) is 11.3 Å². The van der Waals surface area contributed by atoms with Gasteiger partial charge in [-0.2, -0.15) is 0 Å². The Balaban J connectivity index is 2.97. The second-order valence-electron chi connectivity index (χ2n) is 4.47. The molecule has 0 amide bonds. The molecule has 0 saturated heterocycles. The van der Waals surface area contributed by atoms with Gasteiger partial charge in [-0.05, 0) is 18.1 Å². The first kappa shape index (κ1) is 14.8. The van der Waals surface area contributed by atoms with E-state index >= 15 is 0 Å². The third-order valence-electron chi connectivity index (χ3n) is 2.18. The van der Waals surface area contributed by atoms with Crippen molar-refractivity contribution in [2.24, 2.45) is 5.92 Å². The number of ketones is 1. The third kappa shape index (κ3) is 3.87. The van der Waals surface area contributed by atoms with Gasteiger partial charge in [0.25, 0.3) is 0 Å². The summed E-state index contributed by atoms with van der Waals surface area (Å²) in [6.45, 7) is 3.37. The number of rotatable bonds is 5. The number of Topliss-reactive ketones (excluding diaryl/α,β-unsaturated/α-hetero) is 1. The van der Waals surface area contributed by atoms with Crippen molar-refractivity contribution in [3.8, 4) is 0 Å². The van der Waals surface area contributed by atoms with E-state index in [0.717, 1.165) is 18.2 Å². The van der Waals surface area contributed by atoms with Crippen molar-refractivity contribution in [3.63, 3.8) is 0 Å². The van der Waals surface area contributed by atoms with Crippen LogP contribution in [-0.4, -0.2) is 25.7 Å². The summed E-state index contributed by atoms with van der Waals surface area (Å²) in [5.74, 6) is -4.34. The maximum atomic E-state index is 13.3. The molecule has 0 atom stereocenters. The second kappa shape index (κ2) is 5.56. The van der Waals surface area contributed by atoms with Crippen molar-refractivity contribution in [3.05, 3.63) is 35.4 Å². The van der Waals surface area contributed by atoms with E-state index in [-0.39, 0.29) is 11.7 Å². The van der Waals surface area contributed by atoms with E-state index in [4.69, 9.17) is 0 Å². The number of benzene rings is 1. The Morgan fingerprint density at radius 2 is 1.72 bits per heavy atom. The largest absolute Gasteiger partial charge is 0.293 e. The van der Waals surface area contributed by atoms with Crippen LogP contribution in [-0.2, 0) is 9.84 Å². The summed E-state index contributed by atoms with van der Waals surface area (Å²) in [5, 5.41) is 0. The van der Waals surface area contributed by atoms with Crippen LogP contribution in [0.4, 0.5) is 8.78 Å². The highest BCUT2D eigenvalue weighted by atomic mass is 32.2. The highest BCUT2D eigenvalue weighted by Crippen LogP contribution is 2.14. The standard InChI is InChI=1S/C12H14F2O3S/c1-8(2)6-18(16,17)7-11(15)12-9(13)4-3-5-10(12)14/h3-5,8H,6-7H2,1-2H3. The van der Waals surface area contributed by atoms with E-state index < -0.39 is 38.6 Å². The predicted molar refractivity (Wildman–Crippen MR) is 64.2 cm³/mol. The minimum Gasteiger partial charge on any atom is -0.293 e. The van der Waals surface area contributed by atoms with Crippen molar-refractivity contribution in [2.45, 2.75) is 13.8 Å². The molecule has 0 aromatic heterocycles. The lowest BCUT2D eigenvalue weighted by atomic mass is 10.1. The molecule has 0 unspecified atom stereocenters. The summed E-state index contributed by atoms with van der Waals surface area (Å²) in [5.41, 5.74) is -0.787. The Morgan fingerprint density at radius 1 is 1.22 bits per heavy atom. The molecule has 0 radical (unpaired) electrons. The smallest absolute Gasteiger partial charge is 0.183 e. The lowest BCUT2D eigenvalue weighted by Gasteiger charge is -2.07. The lowest BCUT2D eigenvalue weighted by molar-refractivity contribution is 0.101. The topological polar surface area (TPSA) is 51.2 Å².